The molecule has 0 saturated carbocycles. The number of rotatable bonds is 4. The van der Waals surface area contributed by atoms with Crippen LogP contribution in [0.1, 0.15) is 20.3 Å². The molecule has 0 radical (unpaired) electrons. The van der Waals surface area contributed by atoms with Crippen molar-refractivity contribution in [3.05, 3.63) is 12.3 Å². The van der Waals surface area contributed by atoms with Gasteiger partial charge in [-0.3, -0.25) is 0 Å². The summed E-state index contributed by atoms with van der Waals surface area (Å²) >= 11 is 0. The van der Waals surface area contributed by atoms with Crippen molar-refractivity contribution in [2.45, 2.75) is 26.4 Å². The minimum Gasteiger partial charge on any atom is -0.499 e. The average Bonchev–Trinajstić information content (AvgIpc) is 1.89. The van der Waals surface area contributed by atoms with E-state index in [-0.39, 0.29) is 6.10 Å². The number of aliphatic hydroxyl groups excluding tert-OH is 1. The predicted octanol–water partition coefficient (Wildman–Crippen LogP) is 1.31. The molecule has 2 nitrogen and oxygen atoms in total. The first kappa shape index (κ1) is 8.50. The van der Waals surface area contributed by atoms with E-state index < -0.39 is 0 Å². The standard InChI is InChI=1S/C7H14O2/c1-3-5-9-6-7(8)4-2/h3,5,7-8H,4,6H2,1-2H3. The van der Waals surface area contributed by atoms with Crippen LogP contribution in [0.3, 0.4) is 0 Å². The lowest BCUT2D eigenvalue weighted by Crippen LogP contribution is -2.11. The lowest BCUT2D eigenvalue weighted by atomic mass is 10.3. The summed E-state index contributed by atoms with van der Waals surface area (Å²) in [7, 11) is 0. The molecule has 0 aliphatic rings. The van der Waals surface area contributed by atoms with Gasteiger partial charge in [-0.1, -0.05) is 13.0 Å². The zero-order valence-corrected chi connectivity index (χ0v) is 6.00. The Labute approximate surface area is 56.1 Å². The first-order valence-electron chi connectivity index (χ1n) is 3.22. The fourth-order valence-corrected chi connectivity index (χ4v) is 0.381. The summed E-state index contributed by atoms with van der Waals surface area (Å²) in [5.74, 6) is 0. The number of aliphatic hydroxyl groups is 1. The molecule has 54 valence electrons. The van der Waals surface area contributed by atoms with E-state index in [1.165, 1.54) is 0 Å². The molecule has 1 N–H and O–H groups in total. The average molecular weight is 130 g/mol. The molecule has 1 unspecified atom stereocenters. The lowest BCUT2D eigenvalue weighted by Gasteiger charge is -2.05. The Morgan fingerprint density at radius 1 is 1.67 bits per heavy atom. The highest BCUT2D eigenvalue weighted by molar-refractivity contribution is 4.66. The summed E-state index contributed by atoms with van der Waals surface area (Å²) in [5.41, 5.74) is 0. The van der Waals surface area contributed by atoms with Crippen molar-refractivity contribution >= 4 is 0 Å². The zero-order valence-electron chi connectivity index (χ0n) is 6.00. The second-order valence-corrected chi connectivity index (χ2v) is 1.86. The van der Waals surface area contributed by atoms with Crippen LogP contribution < -0.4 is 0 Å². The minimum absolute atomic E-state index is 0.318. The molecule has 9 heavy (non-hydrogen) atoms. The summed E-state index contributed by atoms with van der Waals surface area (Å²) in [6, 6.07) is 0. The van der Waals surface area contributed by atoms with Gasteiger partial charge < -0.3 is 9.84 Å². The van der Waals surface area contributed by atoms with Crippen LogP contribution in [-0.2, 0) is 4.74 Å². The maximum Gasteiger partial charge on any atom is 0.113 e. The van der Waals surface area contributed by atoms with Crippen molar-refractivity contribution in [3.63, 3.8) is 0 Å². The van der Waals surface area contributed by atoms with E-state index in [0.29, 0.717) is 6.61 Å². The largest absolute Gasteiger partial charge is 0.499 e. The van der Waals surface area contributed by atoms with Crippen LogP contribution in [0.5, 0.6) is 0 Å². The SMILES string of the molecule is CC=COCC(O)CC. The fourth-order valence-electron chi connectivity index (χ4n) is 0.381. The van der Waals surface area contributed by atoms with Crippen LogP contribution in [0, 0.1) is 0 Å². The van der Waals surface area contributed by atoms with Gasteiger partial charge in [-0.25, -0.2) is 0 Å². The Morgan fingerprint density at radius 2 is 2.33 bits per heavy atom. The number of hydrogen-bond donors (Lipinski definition) is 1. The summed E-state index contributed by atoms with van der Waals surface area (Å²) in [5, 5.41) is 8.93. The number of allylic oxidation sites excluding steroid dienone is 1. The predicted molar refractivity (Wildman–Crippen MR) is 37.1 cm³/mol. The first-order chi connectivity index (χ1) is 4.31. The molecule has 0 aromatic heterocycles. The monoisotopic (exact) mass is 130 g/mol. The fraction of sp³-hybridized carbons (Fsp3) is 0.714. The highest BCUT2D eigenvalue weighted by Crippen LogP contribution is 1.90. The van der Waals surface area contributed by atoms with Crippen molar-refractivity contribution in [1.29, 1.82) is 0 Å². The van der Waals surface area contributed by atoms with Crippen molar-refractivity contribution in [1.82, 2.24) is 0 Å². The molecule has 1 atom stereocenters. The Morgan fingerprint density at radius 3 is 2.78 bits per heavy atom. The highest BCUT2D eigenvalue weighted by Gasteiger charge is 1.96. The summed E-state index contributed by atoms with van der Waals surface area (Å²) < 4.78 is 4.90. The molecule has 0 aromatic rings. The van der Waals surface area contributed by atoms with Gasteiger partial charge in [0.05, 0.1) is 12.4 Å². The maximum absolute atomic E-state index is 8.93. The molecular formula is C7H14O2. The molecule has 0 rings (SSSR count). The van der Waals surface area contributed by atoms with Crippen LogP contribution in [0.15, 0.2) is 12.3 Å². The third-order valence-electron chi connectivity index (χ3n) is 0.992. The van der Waals surface area contributed by atoms with Crippen LogP contribution in [0.4, 0.5) is 0 Å². The van der Waals surface area contributed by atoms with Gasteiger partial charge in [0.25, 0.3) is 0 Å². The van der Waals surface area contributed by atoms with Gasteiger partial charge in [0.2, 0.25) is 0 Å². The van der Waals surface area contributed by atoms with Gasteiger partial charge in [0.15, 0.2) is 0 Å². The zero-order chi connectivity index (χ0) is 7.11. The van der Waals surface area contributed by atoms with Crippen molar-refractivity contribution in [3.8, 4) is 0 Å². The molecule has 0 aliphatic heterocycles. The van der Waals surface area contributed by atoms with Gasteiger partial charge in [-0.2, -0.15) is 0 Å². The summed E-state index contributed by atoms with van der Waals surface area (Å²) in [6.07, 6.45) is 3.81. The minimum atomic E-state index is -0.318. The highest BCUT2D eigenvalue weighted by atomic mass is 16.5. The van der Waals surface area contributed by atoms with Crippen molar-refractivity contribution in [2.24, 2.45) is 0 Å². The van der Waals surface area contributed by atoms with Crippen molar-refractivity contribution in [2.75, 3.05) is 6.61 Å². The quantitative estimate of drug-likeness (QED) is 0.581. The first-order valence-corrected chi connectivity index (χ1v) is 3.22. The molecule has 2 heteroatoms. The topological polar surface area (TPSA) is 29.5 Å². The molecule has 0 heterocycles. The molecule has 0 aliphatic carbocycles. The van der Waals surface area contributed by atoms with E-state index in [4.69, 9.17) is 9.84 Å². The molecule has 0 spiro atoms. The number of ether oxygens (including phenoxy) is 1. The molecular weight excluding hydrogens is 116 g/mol. The van der Waals surface area contributed by atoms with Gasteiger partial charge in [0.1, 0.15) is 6.61 Å². The second kappa shape index (κ2) is 5.63. The third-order valence-corrected chi connectivity index (χ3v) is 0.992. The summed E-state index contributed by atoms with van der Waals surface area (Å²) in [4.78, 5) is 0. The van der Waals surface area contributed by atoms with Gasteiger partial charge in [-0.15, -0.1) is 0 Å². The smallest absolute Gasteiger partial charge is 0.113 e. The van der Waals surface area contributed by atoms with Gasteiger partial charge in [0, 0.05) is 0 Å². The van der Waals surface area contributed by atoms with Crippen LogP contribution in [-0.4, -0.2) is 17.8 Å². The van der Waals surface area contributed by atoms with Crippen LogP contribution >= 0.6 is 0 Å². The van der Waals surface area contributed by atoms with E-state index in [1.807, 2.05) is 13.8 Å². The lowest BCUT2D eigenvalue weighted by molar-refractivity contribution is 0.0814. The Hall–Kier alpha value is -0.500. The molecule has 0 aromatic carbocycles. The number of hydrogen-bond acceptors (Lipinski definition) is 2. The molecule has 0 bridgehead atoms. The van der Waals surface area contributed by atoms with Crippen LogP contribution in [0.25, 0.3) is 0 Å². The maximum atomic E-state index is 8.93. The Balaban J connectivity index is 3.06. The molecule has 0 amide bonds. The van der Waals surface area contributed by atoms with Crippen molar-refractivity contribution < 1.29 is 9.84 Å². The second-order valence-electron chi connectivity index (χ2n) is 1.86. The Kier molecular flexibility index (Phi) is 5.32. The molecule has 0 saturated heterocycles. The van der Waals surface area contributed by atoms with Gasteiger partial charge in [-0.05, 0) is 13.3 Å². The Bertz CT molecular complexity index is 79.0. The van der Waals surface area contributed by atoms with E-state index in [1.54, 1.807) is 12.3 Å². The third kappa shape index (κ3) is 5.37. The van der Waals surface area contributed by atoms with E-state index in [0.717, 1.165) is 6.42 Å². The molecule has 0 fully saturated rings. The normalized spacial score (nSPS) is 14.1. The van der Waals surface area contributed by atoms with E-state index >= 15 is 0 Å². The van der Waals surface area contributed by atoms with Gasteiger partial charge >= 0.3 is 0 Å². The van der Waals surface area contributed by atoms with Crippen LogP contribution in [0.2, 0.25) is 0 Å². The van der Waals surface area contributed by atoms with E-state index in [9.17, 15) is 0 Å². The summed E-state index contributed by atoms with van der Waals surface area (Å²) in [6.45, 7) is 4.20. The van der Waals surface area contributed by atoms with E-state index in [2.05, 4.69) is 0 Å².